The van der Waals surface area contributed by atoms with E-state index in [1.807, 2.05) is 0 Å². The van der Waals surface area contributed by atoms with Crippen LogP contribution in [0.1, 0.15) is 64.7 Å². The number of ketones is 1. The van der Waals surface area contributed by atoms with E-state index in [1.165, 1.54) is 23.1 Å². The highest BCUT2D eigenvalue weighted by molar-refractivity contribution is 6.22. The molecule has 0 spiro atoms. The molecule has 2 heterocycles. The quantitative estimate of drug-likeness (QED) is 0.581. The SMILES string of the molecule is CC(C)(C)C(=O)COC(=O)c1ccc2c(c1)C(=O)N(CC1CCCO1)C2=O. The van der Waals surface area contributed by atoms with Crippen molar-refractivity contribution >= 4 is 23.6 Å². The molecule has 1 unspecified atom stereocenters. The lowest BCUT2D eigenvalue weighted by Gasteiger charge is -2.17. The average Bonchev–Trinajstić information content (AvgIpc) is 3.21. The van der Waals surface area contributed by atoms with Crippen LogP contribution < -0.4 is 0 Å². The summed E-state index contributed by atoms with van der Waals surface area (Å²) < 4.78 is 10.6. The van der Waals surface area contributed by atoms with Crippen LogP contribution >= 0.6 is 0 Å². The Labute approximate surface area is 157 Å². The van der Waals surface area contributed by atoms with E-state index in [9.17, 15) is 19.2 Å². The molecule has 1 saturated heterocycles. The van der Waals surface area contributed by atoms with Crippen LogP contribution in [0.15, 0.2) is 18.2 Å². The molecular weight excluding hydrogens is 350 g/mol. The average molecular weight is 373 g/mol. The molecule has 27 heavy (non-hydrogen) atoms. The van der Waals surface area contributed by atoms with Crippen LogP contribution in [-0.4, -0.2) is 54.3 Å². The molecule has 2 aliphatic heterocycles. The molecule has 7 nitrogen and oxygen atoms in total. The Bertz CT molecular complexity index is 801. The normalized spacial score (nSPS) is 19.4. The highest BCUT2D eigenvalue weighted by atomic mass is 16.5. The molecule has 1 aromatic rings. The van der Waals surface area contributed by atoms with Crippen molar-refractivity contribution in [2.24, 2.45) is 5.41 Å². The van der Waals surface area contributed by atoms with E-state index in [0.717, 1.165) is 12.8 Å². The molecule has 0 saturated carbocycles. The van der Waals surface area contributed by atoms with Crippen LogP contribution in [-0.2, 0) is 14.3 Å². The lowest BCUT2D eigenvalue weighted by atomic mass is 9.91. The Kier molecular flexibility index (Phi) is 5.15. The van der Waals surface area contributed by atoms with E-state index in [1.54, 1.807) is 20.8 Å². The van der Waals surface area contributed by atoms with Gasteiger partial charge in [-0.3, -0.25) is 19.3 Å². The zero-order chi connectivity index (χ0) is 19.8. The van der Waals surface area contributed by atoms with Crippen molar-refractivity contribution < 1.29 is 28.7 Å². The molecule has 1 atom stereocenters. The van der Waals surface area contributed by atoms with Crippen molar-refractivity contribution in [3.05, 3.63) is 34.9 Å². The Morgan fingerprint density at radius 3 is 2.52 bits per heavy atom. The van der Waals surface area contributed by atoms with Crippen LogP contribution in [0.25, 0.3) is 0 Å². The van der Waals surface area contributed by atoms with Crippen LogP contribution in [0.5, 0.6) is 0 Å². The van der Waals surface area contributed by atoms with E-state index in [0.29, 0.717) is 6.61 Å². The molecule has 0 aromatic heterocycles. The summed E-state index contributed by atoms with van der Waals surface area (Å²) in [4.78, 5) is 50.4. The van der Waals surface area contributed by atoms with Gasteiger partial charge in [-0.25, -0.2) is 4.79 Å². The number of benzene rings is 1. The summed E-state index contributed by atoms with van der Waals surface area (Å²) in [6.07, 6.45) is 1.59. The minimum absolute atomic E-state index is 0.135. The third-order valence-electron chi connectivity index (χ3n) is 4.79. The number of imide groups is 1. The predicted molar refractivity (Wildman–Crippen MR) is 95.5 cm³/mol. The number of carbonyl (C=O) groups is 4. The molecule has 3 rings (SSSR count). The number of rotatable bonds is 5. The van der Waals surface area contributed by atoms with E-state index in [-0.39, 0.29) is 47.6 Å². The van der Waals surface area contributed by atoms with Gasteiger partial charge in [-0.2, -0.15) is 0 Å². The second-order valence-corrected chi connectivity index (χ2v) is 7.87. The van der Waals surface area contributed by atoms with E-state index >= 15 is 0 Å². The number of amides is 2. The third-order valence-corrected chi connectivity index (χ3v) is 4.79. The van der Waals surface area contributed by atoms with Crippen molar-refractivity contribution in [3.8, 4) is 0 Å². The van der Waals surface area contributed by atoms with Crippen LogP contribution in [0, 0.1) is 5.41 Å². The van der Waals surface area contributed by atoms with E-state index in [2.05, 4.69) is 0 Å². The Morgan fingerprint density at radius 2 is 1.89 bits per heavy atom. The largest absolute Gasteiger partial charge is 0.454 e. The number of ether oxygens (including phenoxy) is 2. The number of nitrogens with zero attached hydrogens (tertiary/aromatic N) is 1. The first-order valence-electron chi connectivity index (χ1n) is 9.01. The van der Waals surface area contributed by atoms with Crippen molar-refractivity contribution in [2.75, 3.05) is 19.8 Å². The molecule has 0 N–H and O–H groups in total. The fourth-order valence-corrected chi connectivity index (χ4v) is 3.01. The zero-order valence-electron chi connectivity index (χ0n) is 15.7. The van der Waals surface area contributed by atoms with Crippen LogP contribution in [0.3, 0.4) is 0 Å². The maximum absolute atomic E-state index is 12.6. The summed E-state index contributed by atoms with van der Waals surface area (Å²) >= 11 is 0. The van der Waals surface area contributed by atoms with Crippen molar-refractivity contribution in [1.82, 2.24) is 4.90 Å². The molecule has 2 aliphatic rings. The van der Waals surface area contributed by atoms with Gasteiger partial charge in [0.05, 0.1) is 29.3 Å². The monoisotopic (exact) mass is 373 g/mol. The van der Waals surface area contributed by atoms with Gasteiger partial charge in [0.1, 0.15) is 0 Å². The lowest BCUT2D eigenvalue weighted by Crippen LogP contribution is -2.36. The number of hydrogen-bond donors (Lipinski definition) is 0. The number of hydrogen-bond acceptors (Lipinski definition) is 6. The smallest absolute Gasteiger partial charge is 0.338 e. The highest BCUT2D eigenvalue weighted by Crippen LogP contribution is 2.26. The Hall–Kier alpha value is -2.54. The number of Topliss-reactive ketones (excluding diaryl/α,β-unsaturated/α-hetero) is 1. The summed E-state index contributed by atoms with van der Waals surface area (Å²) in [5, 5.41) is 0. The topological polar surface area (TPSA) is 90.0 Å². The Morgan fingerprint density at radius 1 is 1.19 bits per heavy atom. The Balaban J connectivity index is 1.71. The molecule has 2 amide bonds. The maximum Gasteiger partial charge on any atom is 0.338 e. The summed E-state index contributed by atoms with van der Waals surface area (Å²) in [6, 6.07) is 4.24. The van der Waals surface area contributed by atoms with E-state index in [4.69, 9.17) is 9.47 Å². The molecule has 144 valence electrons. The minimum atomic E-state index is -0.701. The van der Waals surface area contributed by atoms with Crippen LogP contribution in [0.4, 0.5) is 0 Å². The first-order valence-corrected chi connectivity index (χ1v) is 9.01. The first-order chi connectivity index (χ1) is 12.7. The van der Waals surface area contributed by atoms with Gasteiger partial charge in [0.2, 0.25) is 0 Å². The fraction of sp³-hybridized carbons (Fsp3) is 0.500. The van der Waals surface area contributed by atoms with Gasteiger partial charge in [0.25, 0.3) is 11.8 Å². The van der Waals surface area contributed by atoms with Crippen LogP contribution in [0.2, 0.25) is 0 Å². The van der Waals surface area contributed by atoms with Gasteiger partial charge in [-0.05, 0) is 31.0 Å². The molecule has 1 aromatic carbocycles. The van der Waals surface area contributed by atoms with Crippen molar-refractivity contribution in [2.45, 2.75) is 39.7 Å². The fourth-order valence-electron chi connectivity index (χ4n) is 3.01. The van der Waals surface area contributed by atoms with E-state index < -0.39 is 17.3 Å². The molecule has 0 bridgehead atoms. The number of esters is 1. The lowest BCUT2D eigenvalue weighted by molar-refractivity contribution is -0.129. The maximum atomic E-state index is 12.6. The van der Waals surface area contributed by atoms with Gasteiger partial charge in [0.15, 0.2) is 12.4 Å². The highest BCUT2D eigenvalue weighted by Gasteiger charge is 2.38. The summed E-state index contributed by atoms with van der Waals surface area (Å²) in [6.45, 7) is 5.74. The van der Waals surface area contributed by atoms with Crippen molar-refractivity contribution in [3.63, 3.8) is 0 Å². The summed E-state index contributed by atoms with van der Waals surface area (Å²) in [7, 11) is 0. The molecular formula is C20H23NO6. The van der Waals surface area contributed by atoms with Gasteiger partial charge in [0, 0.05) is 12.0 Å². The van der Waals surface area contributed by atoms with Gasteiger partial charge in [-0.1, -0.05) is 20.8 Å². The number of carbonyl (C=O) groups excluding carboxylic acids is 4. The van der Waals surface area contributed by atoms with Gasteiger partial charge >= 0.3 is 5.97 Å². The zero-order valence-corrected chi connectivity index (χ0v) is 15.7. The summed E-state index contributed by atoms with van der Waals surface area (Å²) in [5.41, 5.74) is -0.0332. The second kappa shape index (κ2) is 7.23. The number of fused-ring (bicyclic) bond motifs is 1. The first kappa shape index (κ1) is 19.2. The second-order valence-electron chi connectivity index (χ2n) is 7.87. The van der Waals surface area contributed by atoms with Crippen molar-refractivity contribution in [1.29, 1.82) is 0 Å². The predicted octanol–water partition coefficient (Wildman–Crippen LogP) is 2.23. The third kappa shape index (κ3) is 3.93. The van der Waals surface area contributed by atoms with Gasteiger partial charge < -0.3 is 9.47 Å². The molecule has 7 heteroatoms. The molecule has 0 aliphatic carbocycles. The molecule has 1 fully saturated rings. The van der Waals surface area contributed by atoms with Gasteiger partial charge in [-0.15, -0.1) is 0 Å². The minimum Gasteiger partial charge on any atom is -0.454 e. The molecule has 0 radical (unpaired) electrons. The standard InChI is InChI=1S/C20H23NO6/c1-20(2,3)16(22)11-27-19(25)12-6-7-14-15(9-12)18(24)21(17(14)23)10-13-5-4-8-26-13/h6-7,9,13H,4-5,8,10-11H2,1-3H3. The summed E-state index contributed by atoms with van der Waals surface area (Å²) in [5.74, 6) is -1.72.